The van der Waals surface area contributed by atoms with Gasteiger partial charge in [0.05, 0.1) is 11.4 Å². The van der Waals surface area contributed by atoms with Gasteiger partial charge in [-0.05, 0) is 25.5 Å². The van der Waals surface area contributed by atoms with E-state index < -0.39 is 11.8 Å². The molecule has 3 rings (SSSR count). The van der Waals surface area contributed by atoms with Gasteiger partial charge in [0.1, 0.15) is 23.6 Å². The molecular formula is C17H18N4O5. The molecule has 0 bridgehead atoms. The van der Waals surface area contributed by atoms with E-state index in [9.17, 15) is 14.4 Å². The molecule has 0 atom stereocenters. The van der Waals surface area contributed by atoms with E-state index in [1.165, 1.54) is 4.90 Å². The average molecular weight is 358 g/mol. The summed E-state index contributed by atoms with van der Waals surface area (Å²) in [5.74, 6) is -0.519. The highest BCUT2D eigenvalue weighted by Crippen LogP contribution is 2.31. The summed E-state index contributed by atoms with van der Waals surface area (Å²) in [6, 6.07) is 6.93. The summed E-state index contributed by atoms with van der Waals surface area (Å²) < 4.78 is 10.3. The summed E-state index contributed by atoms with van der Waals surface area (Å²) in [5, 5.41) is 3.80. The Morgan fingerprint density at radius 2 is 2.04 bits per heavy atom. The number of para-hydroxylation sites is 2. The molecule has 26 heavy (non-hydrogen) atoms. The van der Waals surface area contributed by atoms with E-state index in [1.807, 2.05) is 6.92 Å². The minimum atomic E-state index is -0.546. The van der Waals surface area contributed by atoms with Crippen molar-refractivity contribution < 1.29 is 23.6 Å². The number of carbonyl (C=O) groups excluding carboxylic acids is 3. The number of hydrogen-bond acceptors (Lipinski definition) is 6. The van der Waals surface area contributed by atoms with Gasteiger partial charge in [-0.3, -0.25) is 30.1 Å². The van der Waals surface area contributed by atoms with Crippen LogP contribution in [0.25, 0.3) is 0 Å². The zero-order valence-corrected chi connectivity index (χ0v) is 14.4. The van der Waals surface area contributed by atoms with E-state index in [2.05, 4.69) is 16.0 Å². The topological polar surface area (TPSA) is 114 Å². The van der Waals surface area contributed by atoms with Gasteiger partial charge in [-0.15, -0.1) is 0 Å². The summed E-state index contributed by atoms with van der Waals surface area (Å²) in [6.45, 7) is 3.07. The number of ether oxygens (including phenoxy) is 1. The van der Waals surface area contributed by atoms with Gasteiger partial charge in [0.15, 0.2) is 6.61 Å². The fraction of sp³-hybridized carbons (Fsp3) is 0.294. The molecule has 1 aromatic carbocycles. The van der Waals surface area contributed by atoms with Gasteiger partial charge in [0.25, 0.3) is 17.7 Å². The fourth-order valence-electron chi connectivity index (χ4n) is 2.65. The van der Waals surface area contributed by atoms with Crippen molar-refractivity contribution in [1.29, 1.82) is 0 Å². The number of aryl methyl sites for hydroxylation is 2. The molecular weight excluding hydrogens is 340 g/mol. The number of nitrogens with zero attached hydrogens (tertiary/aromatic N) is 2. The molecule has 0 spiro atoms. The lowest BCUT2D eigenvalue weighted by Crippen LogP contribution is -2.49. The maximum Gasteiger partial charge on any atom is 0.275 e. The van der Waals surface area contributed by atoms with Gasteiger partial charge in [-0.2, -0.15) is 0 Å². The number of hydrogen-bond donors (Lipinski definition) is 2. The molecule has 2 N–H and O–H groups in total. The molecule has 0 unspecified atom stereocenters. The largest absolute Gasteiger partial charge is 0.482 e. The second-order valence-electron chi connectivity index (χ2n) is 5.65. The van der Waals surface area contributed by atoms with Crippen molar-refractivity contribution >= 4 is 23.4 Å². The van der Waals surface area contributed by atoms with Crippen LogP contribution in [-0.4, -0.2) is 36.0 Å². The molecule has 2 heterocycles. The lowest BCUT2D eigenvalue weighted by atomic mass is 10.1. The Labute approximate surface area is 149 Å². The number of carbonyl (C=O) groups is 3. The van der Waals surface area contributed by atoms with Crippen molar-refractivity contribution in [3.05, 3.63) is 41.3 Å². The molecule has 0 saturated carbocycles. The second kappa shape index (κ2) is 7.26. The summed E-state index contributed by atoms with van der Waals surface area (Å²) in [6.07, 6.45) is 0.521. The minimum absolute atomic E-state index is 0.142. The van der Waals surface area contributed by atoms with Gasteiger partial charge in [-0.1, -0.05) is 24.2 Å². The quantitative estimate of drug-likeness (QED) is 0.779. The Balaban J connectivity index is 1.64. The predicted molar refractivity (Wildman–Crippen MR) is 90.5 cm³/mol. The highest BCUT2D eigenvalue weighted by atomic mass is 16.5. The number of rotatable bonds is 4. The standard InChI is InChI=1S/C17H18N4O5/c1-3-11-16(10(2)26-20-11)17(24)19-18-14(22)8-21-12-6-4-5-7-13(12)25-9-15(21)23/h4-7H,3,8-9H2,1-2H3,(H,18,22)(H,19,24). The molecule has 1 aromatic heterocycles. The Morgan fingerprint density at radius 3 is 2.81 bits per heavy atom. The van der Waals surface area contributed by atoms with E-state index in [0.717, 1.165) is 0 Å². The highest BCUT2D eigenvalue weighted by molar-refractivity contribution is 6.03. The number of hydrazine groups is 1. The molecule has 0 radical (unpaired) electrons. The molecule has 3 amide bonds. The first-order valence-electron chi connectivity index (χ1n) is 8.07. The van der Waals surface area contributed by atoms with E-state index in [0.29, 0.717) is 34.9 Å². The van der Waals surface area contributed by atoms with Gasteiger partial charge < -0.3 is 9.26 Å². The van der Waals surface area contributed by atoms with Gasteiger partial charge >= 0.3 is 0 Å². The summed E-state index contributed by atoms with van der Waals surface area (Å²) in [4.78, 5) is 37.8. The number of benzene rings is 1. The first-order valence-corrected chi connectivity index (χ1v) is 8.07. The van der Waals surface area contributed by atoms with Crippen LogP contribution in [0.4, 0.5) is 5.69 Å². The van der Waals surface area contributed by atoms with Crippen molar-refractivity contribution in [2.75, 3.05) is 18.1 Å². The monoisotopic (exact) mass is 358 g/mol. The lowest BCUT2D eigenvalue weighted by molar-refractivity contribution is -0.125. The van der Waals surface area contributed by atoms with E-state index >= 15 is 0 Å². The summed E-state index contributed by atoms with van der Waals surface area (Å²) in [5.41, 5.74) is 5.93. The number of fused-ring (bicyclic) bond motifs is 1. The van der Waals surface area contributed by atoms with Crippen LogP contribution >= 0.6 is 0 Å². The zero-order valence-electron chi connectivity index (χ0n) is 14.4. The van der Waals surface area contributed by atoms with E-state index in [4.69, 9.17) is 9.26 Å². The Morgan fingerprint density at radius 1 is 1.27 bits per heavy atom. The number of nitrogens with one attached hydrogen (secondary N) is 2. The van der Waals surface area contributed by atoms with E-state index in [1.54, 1.807) is 31.2 Å². The molecule has 9 heteroatoms. The third-order valence-corrected chi connectivity index (χ3v) is 3.92. The van der Waals surface area contributed by atoms with Crippen molar-refractivity contribution in [3.63, 3.8) is 0 Å². The number of anilines is 1. The molecule has 0 saturated heterocycles. The number of aromatic nitrogens is 1. The van der Waals surface area contributed by atoms with Crippen LogP contribution < -0.4 is 20.5 Å². The maximum atomic E-state index is 12.2. The van der Waals surface area contributed by atoms with Crippen molar-refractivity contribution in [3.8, 4) is 5.75 Å². The SMILES string of the molecule is CCc1noc(C)c1C(=O)NNC(=O)CN1C(=O)COc2ccccc21. The predicted octanol–water partition coefficient (Wildman–Crippen LogP) is 0.732. The van der Waals surface area contributed by atoms with Crippen LogP contribution in [0.1, 0.15) is 28.7 Å². The highest BCUT2D eigenvalue weighted by Gasteiger charge is 2.27. The minimum Gasteiger partial charge on any atom is -0.482 e. The van der Waals surface area contributed by atoms with Crippen molar-refractivity contribution in [2.24, 2.45) is 0 Å². The molecule has 9 nitrogen and oxygen atoms in total. The summed E-state index contributed by atoms with van der Waals surface area (Å²) >= 11 is 0. The third kappa shape index (κ3) is 3.37. The first kappa shape index (κ1) is 17.5. The number of amides is 3. The second-order valence-corrected chi connectivity index (χ2v) is 5.65. The fourth-order valence-corrected chi connectivity index (χ4v) is 2.65. The normalized spacial score (nSPS) is 13.0. The van der Waals surface area contributed by atoms with Gasteiger partial charge in [0.2, 0.25) is 0 Å². The molecule has 0 fully saturated rings. The Bertz CT molecular complexity index is 861. The third-order valence-electron chi connectivity index (χ3n) is 3.92. The first-order chi connectivity index (χ1) is 12.5. The van der Waals surface area contributed by atoms with E-state index in [-0.39, 0.29) is 19.1 Å². The van der Waals surface area contributed by atoms with Crippen LogP contribution in [0, 0.1) is 6.92 Å². The van der Waals surface area contributed by atoms with Crippen LogP contribution in [-0.2, 0) is 16.0 Å². The van der Waals surface area contributed by atoms with Crippen LogP contribution in [0.15, 0.2) is 28.8 Å². The lowest BCUT2D eigenvalue weighted by Gasteiger charge is -2.28. The van der Waals surface area contributed by atoms with Crippen LogP contribution in [0.3, 0.4) is 0 Å². The molecule has 1 aliphatic heterocycles. The Hall–Kier alpha value is -3.36. The van der Waals surface area contributed by atoms with Crippen molar-refractivity contribution in [1.82, 2.24) is 16.0 Å². The Kier molecular flexibility index (Phi) is 4.87. The zero-order chi connectivity index (χ0) is 18.7. The van der Waals surface area contributed by atoms with Gasteiger partial charge in [0, 0.05) is 0 Å². The van der Waals surface area contributed by atoms with Crippen LogP contribution in [0.5, 0.6) is 5.75 Å². The molecule has 1 aliphatic rings. The maximum absolute atomic E-state index is 12.2. The van der Waals surface area contributed by atoms with Crippen molar-refractivity contribution in [2.45, 2.75) is 20.3 Å². The molecule has 2 aromatic rings. The van der Waals surface area contributed by atoms with Crippen LogP contribution in [0.2, 0.25) is 0 Å². The van der Waals surface area contributed by atoms with Gasteiger partial charge in [-0.25, -0.2) is 0 Å². The molecule has 136 valence electrons. The summed E-state index contributed by atoms with van der Waals surface area (Å²) in [7, 11) is 0. The molecule has 0 aliphatic carbocycles. The smallest absolute Gasteiger partial charge is 0.275 e. The average Bonchev–Trinajstić information content (AvgIpc) is 3.03.